The molecule has 0 bridgehead atoms. The first-order chi connectivity index (χ1) is 15.3. The molecule has 0 radical (unpaired) electrons. The van der Waals surface area contributed by atoms with E-state index in [1.165, 1.54) is 43.5 Å². The van der Waals surface area contributed by atoms with Crippen molar-refractivity contribution in [2.24, 2.45) is 0 Å². The fourth-order valence-electron chi connectivity index (χ4n) is 3.64. The highest BCUT2D eigenvalue weighted by Crippen LogP contribution is 2.58. The van der Waals surface area contributed by atoms with E-state index in [0.717, 1.165) is 18.2 Å². The molecule has 0 saturated carbocycles. The lowest BCUT2D eigenvalue weighted by Crippen LogP contribution is -2.59. The maximum atomic E-state index is 13.7. The van der Waals surface area contributed by atoms with Gasteiger partial charge in [0.05, 0.1) is 13.0 Å². The summed E-state index contributed by atoms with van der Waals surface area (Å²) in [4.78, 5) is 23.4. The first-order valence-electron chi connectivity index (χ1n) is 9.17. The van der Waals surface area contributed by atoms with Gasteiger partial charge in [0, 0.05) is 4.92 Å². The van der Waals surface area contributed by atoms with Crippen LogP contribution >= 0.6 is 0 Å². The summed E-state index contributed by atoms with van der Waals surface area (Å²) in [7, 11) is 1.23. The Balaban J connectivity index is 2.35. The van der Waals surface area contributed by atoms with E-state index in [2.05, 4.69) is 9.47 Å². The van der Waals surface area contributed by atoms with Crippen LogP contribution in [0.4, 0.5) is 26.3 Å². The zero-order valence-corrected chi connectivity index (χ0v) is 16.6. The molecule has 2 aromatic rings. The predicted octanol–water partition coefficient (Wildman–Crippen LogP) is 4.35. The zero-order valence-electron chi connectivity index (χ0n) is 16.6. The van der Waals surface area contributed by atoms with Gasteiger partial charge in [-0.05, 0) is 23.3 Å². The maximum absolute atomic E-state index is 13.7. The number of benzene rings is 2. The van der Waals surface area contributed by atoms with Crippen LogP contribution in [0.25, 0.3) is 0 Å². The van der Waals surface area contributed by atoms with Crippen LogP contribution in [0.15, 0.2) is 54.6 Å². The highest BCUT2D eigenvalue weighted by Gasteiger charge is 2.84. The maximum Gasteiger partial charge on any atom is 0.465 e. The Morgan fingerprint density at radius 1 is 1.03 bits per heavy atom. The minimum absolute atomic E-state index is 0.0910. The molecule has 0 aliphatic carbocycles. The van der Waals surface area contributed by atoms with E-state index < -0.39 is 52.7 Å². The van der Waals surface area contributed by atoms with Gasteiger partial charge in [-0.25, -0.2) is 4.79 Å². The third-order valence-corrected chi connectivity index (χ3v) is 5.11. The highest BCUT2D eigenvalue weighted by molar-refractivity contribution is 5.85. The molecule has 2 atom stereocenters. The summed E-state index contributed by atoms with van der Waals surface area (Å²) in [6, 6.07) is 10.9. The van der Waals surface area contributed by atoms with E-state index in [0.29, 0.717) is 0 Å². The molecule has 3 rings (SSSR count). The molecule has 1 saturated heterocycles. The van der Waals surface area contributed by atoms with Crippen molar-refractivity contribution >= 4 is 5.97 Å². The van der Waals surface area contributed by atoms with Gasteiger partial charge in [0.1, 0.15) is 5.75 Å². The standard InChI is InChI=1S/C20H15F6NO6/c1-31-14-9-5-6-12(10-14)15(11-27(29)30)17(13-7-3-2-4-8-13)16(28)32-18(33-17,19(21,22)23)20(24,25)26/h2-10,15H,11H2,1H3/t15-,17-/m0/s1. The molecule has 13 heteroatoms. The molecule has 1 aliphatic heterocycles. The van der Waals surface area contributed by atoms with Crippen molar-refractivity contribution in [1.82, 2.24) is 0 Å². The van der Waals surface area contributed by atoms with Crippen molar-refractivity contribution in [2.75, 3.05) is 13.7 Å². The Kier molecular flexibility index (Phi) is 6.04. The number of hydrogen-bond donors (Lipinski definition) is 0. The van der Waals surface area contributed by atoms with Gasteiger partial charge in [0.2, 0.25) is 12.1 Å². The number of esters is 1. The van der Waals surface area contributed by atoms with Crippen molar-refractivity contribution in [1.29, 1.82) is 0 Å². The number of nitro groups is 1. The van der Waals surface area contributed by atoms with Gasteiger partial charge < -0.3 is 14.2 Å². The number of cyclic esters (lactones) is 1. The van der Waals surface area contributed by atoms with Crippen LogP contribution in [0, 0.1) is 10.1 Å². The number of carbonyl (C=O) groups is 1. The van der Waals surface area contributed by atoms with E-state index in [-0.39, 0.29) is 11.3 Å². The van der Waals surface area contributed by atoms with Gasteiger partial charge in [0.25, 0.3) is 0 Å². The van der Waals surface area contributed by atoms with Crippen molar-refractivity contribution in [3.8, 4) is 5.75 Å². The second-order valence-corrected chi connectivity index (χ2v) is 7.05. The quantitative estimate of drug-likeness (QED) is 0.265. The Labute approximate surface area is 182 Å². The minimum Gasteiger partial charge on any atom is -0.497 e. The van der Waals surface area contributed by atoms with E-state index in [4.69, 9.17) is 4.74 Å². The molecule has 0 N–H and O–H groups in total. The van der Waals surface area contributed by atoms with E-state index in [1.54, 1.807) is 0 Å². The van der Waals surface area contributed by atoms with Crippen molar-refractivity contribution in [2.45, 2.75) is 29.7 Å². The highest BCUT2D eigenvalue weighted by atomic mass is 19.4. The summed E-state index contributed by atoms with van der Waals surface area (Å²) in [6.07, 6.45) is -12.5. The number of carbonyl (C=O) groups excluding carboxylic acids is 1. The average molecular weight is 479 g/mol. The first-order valence-corrected chi connectivity index (χ1v) is 9.17. The van der Waals surface area contributed by atoms with Crippen LogP contribution in [-0.2, 0) is 19.9 Å². The molecule has 0 unspecified atom stereocenters. The van der Waals surface area contributed by atoms with E-state index in [9.17, 15) is 41.3 Å². The molecule has 2 aromatic carbocycles. The summed E-state index contributed by atoms with van der Waals surface area (Å²) >= 11 is 0. The molecule has 0 aromatic heterocycles. The Morgan fingerprint density at radius 2 is 1.64 bits per heavy atom. The largest absolute Gasteiger partial charge is 0.497 e. The number of rotatable bonds is 6. The number of halogens is 6. The first kappa shape index (κ1) is 24.3. The molecule has 0 spiro atoms. The number of hydrogen-bond acceptors (Lipinski definition) is 6. The normalized spacial score (nSPS) is 21.4. The van der Waals surface area contributed by atoms with E-state index >= 15 is 0 Å². The number of nitrogens with zero attached hydrogens (tertiary/aromatic N) is 1. The lowest BCUT2D eigenvalue weighted by Gasteiger charge is -2.35. The van der Waals surface area contributed by atoms with Crippen molar-refractivity contribution in [3.05, 3.63) is 75.8 Å². The average Bonchev–Trinajstić information content (AvgIpc) is 3.08. The molecule has 1 aliphatic rings. The Morgan fingerprint density at radius 3 is 2.12 bits per heavy atom. The van der Waals surface area contributed by atoms with Crippen molar-refractivity contribution < 1.29 is 50.3 Å². The third kappa shape index (κ3) is 3.96. The zero-order chi connectivity index (χ0) is 24.7. The van der Waals surface area contributed by atoms with Crippen LogP contribution in [0.1, 0.15) is 17.0 Å². The number of methoxy groups -OCH3 is 1. The van der Waals surface area contributed by atoms with Gasteiger partial charge in [-0.3, -0.25) is 10.1 Å². The monoisotopic (exact) mass is 479 g/mol. The fraction of sp³-hybridized carbons (Fsp3) is 0.350. The van der Waals surface area contributed by atoms with Crippen LogP contribution in [0.3, 0.4) is 0 Å². The molecule has 33 heavy (non-hydrogen) atoms. The summed E-state index contributed by atoms with van der Waals surface area (Å²) < 4.78 is 95.8. The summed E-state index contributed by atoms with van der Waals surface area (Å²) in [6.45, 7) is -1.26. The van der Waals surface area contributed by atoms with Crippen LogP contribution in [-0.4, -0.2) is 42.7 Å². The SMILES string of the molecule is COc1cccc([C@H](C[N+](=O)[O-])[C@]2(c3ccccc3)OC(C(F)(F)F)(C(F)(F)F)OC2=O)c1. The molecule has 7 nitrogen and oxygen atoms in total. The van der Waals surface area contributed by atoms with Gasteiger partial charge in [-0.2, -0.15) is 26.3 Å². The molecule has 178 valence electrons. The second-order valence-electron chi connectivity index (χ2n) is 7.05. The van der Waals surface area contributed by atoms with Gasteiger partial charge in [-0.15, -0.1) is 0 Å². The number of ether oxygens (including phenoxy) is 3. The van der Waals surface area contributed by atoms with Crippen LogP contribution < -0.4 is 4.74 Å². The second kappa shape index (κ2) is 8.21. The van der Waals surface area contributed by atoms with E-state index in [1.807, 2.05) is 0 Å². The topological polar surface area (TPSA) is 87.9 Å². The third-order valence-electron chi connectivity index (χ3n) is 5.11. The van der Waals surface area contributed by atoms with Crippen LogP contribution in [0.2, 0.25) is 0 Å². The minimum atomic E-state index is -6.25. The lowest BCUT2D eigenvalue weighted by molar-refractivity contribution is -0.491. The smallest absolute Gasteiger partial charge is 0.465 e. The lowest BCUT2D eigenvalue weighted by atomic mass is 9.77. The summed E-state index contributed by atoms with van der Waals surface area (Å²) in [5.74, 6) is -9.27. The van der Waals surface area contributed by atoms with Crippen molar-refractivity contribution in [3.63, 3.8) is 0 Å². The van der Waals surface area contributed by atoms with Gasteiger partial charge in [-0.1, -0.05) is 42.5 Å². The van der Waals surface area contributed by atoms with Gasteiger partial charge >= 0.3 is 24.1 Å². The predicted molar refractivity (Wildman–Crippen MR) is 97.7 cm³/mol. The fourth-order valence-corrected chi connectivity index (χ4v) is 3.64. The van der Waals surface area contributed by atoms with Crippen LogP contribution in [0.5, 0.6) is 5.75 Å². The Hall–Kier alpha value is -3.35. The summed E-state index contributed by atoms with van der Waals surface area (Å²) in [5, 5.41) is 11.5. The molecule has 1 fully saturated rings. The number of alkyl halides is 6. The molecular formula is C20H15F6NO6. The molecule has 1 heterocycles. The van der Waals surface area contributed by atoms with Gasteiger partial charge in [0.15, 0.2) is 0 Å². The summed E-state index contributed by atoms with van der Waals surface area (Å²) in [5.41, 5.74) is -3.82. The molecular weight excluding hydrogens is 464 g/mol. The Bertz CT molecular complexity index is 1030. The molecule has 0 amide bonds.